The molecule has 9 nitrogen and oxygen atoms in total. The molecule has 0 unspecified atom stereocenters. The zero-order valence-electron chi connectivity index (χ0n) is 21.3. The number of nitrogens with zero attached hydrogens (tertiary/aromatic N) is 2. The van der Waals surface area contributed by atoms with Crippen LogP contribution in [0.1, 0.15) is 32.3 Å². The molecule has 36 heavy (non-hydrogen) atoms. The number of methoxy groups -OCH3 is 2. The first-order chi connectivity index (χ1) is 17.0. The number of sulfonamides is 1. The van der Waals surface area contributed by atoms with Crippen molar-refractivity contribution in [3.63, 3.8) is 0 Å². The quantitative estimate of drug-likeness (QED) is 0.405. The van der Waals surface area contributed by atoms with Crippen LogP contribution in [0.4, 0.5) is 10.1 Å². The number of ether oxygens (including phenoxy) is 2. The van der Waals surface area contributed by atoms with E-state index in [9.17, 15) is 22.4 Å². The van der Waals surface area contributed by atoms with E-state index in [2.05, 4.69) is 5.32 Å². The van der Waals surface area contributed by atoms with Crippen LogP contribution < -0.4 is 19.1 Å². The molecule has 0 spiro atoms. The fourth-order valence-corrected chi connectivity index (χ4v) is 4.34. The molecule has 1 atom stereocenters. The Bertz CT molecular complexity index is 1140. The van der Waals surface area contributed by atoms with Crippen LogP contribution in [0.3, 0.4) is 0 Å². The number of amides is 2. The molecule has 1 N–H and O–H groups in total. The standard InChI is InChI=1S/C25H34FN3O6S/c1-6-7-14-27-25(31)18(2)28(16-19-8-10-20(26)11-9-19)24(30)17-29(36(5,32)33)21-12-13-22(34-3)23(15-21)35-4/h8-13,15,18H,6-7,14,16-17H2,1-5H3,(H,27,31)/t18-/m1/s1. The van der Waals surface area contributed by atoms with Gasteiger partial charge in [0.25, 0.3) is 0 Å². The van der Waals surface area contributed by atoms with Crippen molar-refractivity contribution in [2.75, 3.05) is 37.9 Å². The zero-order chi connectivity index (χ0) is 26.9. The lowest BCUT2D eigenvalue weighted by Gasteiger charge is -2.31. The van der Waals surface area contributed by atoms with E-state index in [4.69, 9.17) is 9.47 Å². The van der Waals surface area contributed by atoms with Crippen LogP contribution in [-0.2, 0) is 26.2 Å². The molecule has 2 aromatic rings. The van der Waals surface area contributed by atoms with Gasteiger partial charge in [-0.25, -0.2) is 12.8 Å². The van der Waals surface area contributed by atoms with Gasteiger partial charge in [0.05, 0.1) is 26.2 Å². The highest BCUT2D eigenvalue weighted by atomic mass is 32.2. The first-order valence-electron chi connectivity index (χ1n) is 11.5. The lowest BCUT2D eigenvalue weighted by atomic mass is 10.1. The average Bonchev–Trinajstić information content (AvgIpc) is 2.85. The molecule has 0 aliphatic heterocycles. The molecule has 2 amide bonds. The number of nitrogens with one attached hydrogen (secondary N) is 1. The number of hydrogen-bond donors (Lipinski definition) is 1. The van der Waals surface area contributed by atoms with Crippen molar-refractivity contribution in [1.82, 2.24) is 10.2 Å². The largest absolute Gasteiger partial charge is 0.493 e. The van der Waals surface area contributed by atoms with E-state index in [-0.39, 0.29) is 18.1 Å². The highest BCUT2D eigenvalue weighted by Crippen LogP contribution is 2.32. The van der Waals surface area contributed by atoms with Crippen LogP contribution in [0.15, 0.2) is 42.5 Å². The van der Waals surface area contributed by atoms with Gasteiger partial charge in [-0.05, 0) is 43.2 Å². The summed E-state index contributed by atoms with van der Waals surface area (Å²) in [5.41, 5.74) is 0.792. The van der Waals surface area contributed by atoms with Gasteiger partial charge >= 0.3 is 0 Å². The van der Waals surface area contributed by atoms with Crippen LogP contribution in [0, 0.1) is 5.82 Å². The molecule has 2 rings (SSSR count). The summed E-state index contributed by atoms with van der Waals surface area (Å²) in [6, 6.07) is 9.15. The molecule has 0 fully saturated rings. The highest BCUT2D eigenvalue weighted by molar-refractivity contribution is 7.92. The van der Waals surface area contributed by atoms with E-state index < -0.39 is 34.3 Å². The van der Waals surface area contributed by atoms with Crippen LogP contribution in [0.5, 0.6) is 11.5 Å². The normalized spacial score (nSPS) is 11.9. The predicted molar refractivity (Wildman–Crippen MR) is 136 cm³/mol. The minimum atomic E-state index is -3.89. The Morgan fingerprint density at radius 1 is 1.06 bits per heavy atom. The van der Waals surface area contributed by atoms with E-state index in [1.165, 1.54) is 61.6 Å². The van der Waals surface area contributed by atoms with Crippen molar-refractivity contribution in [2.45, 2.75) is 39.3 Å². The third kappa shape index (κ3) is 7.84. The lowest BCUT2D eigenvalue weighted by Crippen LogP contribution is -2.51. The Kier molecular flexibility index (Phi) is 10.5. The van der Waals surface area contributed by atoms with Gasteiger partial charge in [-0.2, -0.15) is 0 Å². The SMILES string of the molecule is CCCCNC(=O)[C@@H](C)N(Cc1ccc(F)cc1)C(=O)CN(c1ccc(OC)c(OC)c1)S(C)(=O)=O. The Balaban J connectivity index is 2.39. The third-order valence-corrected chi connectivity index (χ3v) is 6.74. The van der Waals surface area contributed by atoms with Crippen molar-refractivity contribution >= 4 is 27.5 Å². The Morgan fingerprint density at radius 2 is 1.69 bits per heavy atom. The zero-order valence-corrected chi connectivity index (χ0v) is 22.1. The fourth-order valence-electron chi connectivity index (χ4n) is 3.50. The molecule has 0 bridgehead atoms. The molecule has 0 aliphatic rings. The van der Waals surface area contributed by atoms with E-state index >= 15 is 0 Å². The number of anilines is 1. The van der Waals surface area contributed by atoms with E-state index in [1.54, 1.807) is 6.92 Å². The van der Waals surface area contributed by atoms with E-state index in [1.807, 2.05) is 6.92 Å². The van der Waals surface area contributed by atoms with Gasteiger partial charge in [0.2, 0.25) is 21.8 Å². The number of unbranched alkanes of at least 4 members (excludes halogenated alkanes) is 1. The summed E-state index contributed by atoms with van der Waals surface area (Å²) < 4.78 is 50.2. The van der Waals surface area contributed by atoms with Crippen molar-refractivity contribution in [1.29, 1.82) is 0 Å². The Hall–Kier alpha value is -3.34. The number of benzene rings is 2. The van der Waals surface area contributed by atoms with Crippen molar-refractivity contribution < 1.29 is 31.9 Å². The van der Waals surface area contributed by atoms with Gasteiger partial charge in [0, 0.05) is 19.2 Å². The summed E-state index contributed by atoms with van der Waals surface area (Å²) in [6.45, 7) is 3.46. The Morgan fingerprint density at radius 3 is 2.25 bits per heavy atom. The summed E-state index contributed by atoms with van der Waals surface area (Å²) in [4.78, 5) is 27.6. The summed E-state index contributed by atoms with van der Waals surface area (Å²) in [7, 11) is -1.02. The molecular formula is C25H34FN3O6S. The van der Waals surface area contributed by atoms with Crippen molar-refractivity contribution in [2.24, 2.45) is 0 Å². The second-order valence-electron chi connectivity index (χ2n) is 8.28. The number of rotatable bonds is 13. The van der Waals surface area contributed by atoms with Crippen LogP contribution in [0.25, 0.3) is 0 Å². The number of hydrogen-bond acceptors (Lipinski definition) is 6. The molecule has 0 aromatic heterocycles. The Labute approximate surface area is 212 Å². The second-order valence-corrected chi connectivity index (χ2v) is 10.2. The van der Waals surface area contributed by atoms with Gasteiger partial charge < -0.3 is 19.7 Å². The topological polar surface area (TPSA) is 105 Å². The molecule has 0 saturated carbocycles. The third-order valence-electron chi connectivity index (χ3n) is 5.60. The van der Waals surface area contributed by atoms with Crippen LogP contribution in [0.2, 0.25) is 0 Å². The molecule has 11 heteroatoms. The smallest absolute Gasteiger partial charge is 0.244 e. The van der Waals surface area contributed by atoms with Gasteiger partial charge in [0.1, 0.15) is 18.4 Å². The summed E-state index contributed by atoms with van der Waals surface area (Å²) in [5, 5.41) is 2.80. The minimum absolute atomic E-state index is 0.00892. The molecule has 0 radical (unpaired) electrons. The summed E-state index contributed by atoms with van der Waals surface area (Å²) in [6.07, 6.45) is 2.66. The second kappa shape index (κ2) is 13.1. The fraction of sp³-hybridized carbons (Fsp3) is 0.440. The molecular weight excluding hydrogens is 489 g/mol. The van der Waals surface area contributed by atoms with Gasteiger partial charge in [-0.1, -0.05) is 25.5 Å². The number of carbonyl (C=O) groups excluding carboxylic acids is 2. The summed E-state index contributed by atoms with van der Waals surface area (Å²) in [5.74, 6) is -0.702. The van der Waals surface area contributed by atoms with Crippen molar-refractivity contribution in [3.8, 4) is 11.5 Å². The monoisotopic (exact) mass is 523 g/mol. The predicted octanol–water partition coefficient (Wildman–Crippen LogP) is 2.94. The van der Waals surface area contributed by atoms with E-state index in [0.717, 1.165) is 23.4 Å². The maximum absolute atomic E-state index is 13.5. The summed E-state index contributed by atoms with van der Waals surface area (Å²) >= 11 is 0. The first kappa shape index (κ1) is 28.9. The maximum atomic E-state index is 13.5. The number of carbonyl (C=O) groups is 2. The maximum Gasteiger partial charge on any atom is 0.244 e. The van der Waals surface area contributed by atoms with Gasteiger partial charge in [-0.3, -0.25) is 13.9 Å². The molecule has 198 valence electrons. The minimum Gasteiger partial charge on any atom is -0.493 e. The first-order valence-corrected chi connectivity index (χ1v) is 13.4. The van der Waals surface area contributed by atoms with Crippen LogP contribution in [-0.4, -0.2) is 64.7 Å². The average molecular weight is 524 g/mol. The van der Waals surface area contributed by atoms with Gasteiger partial charge in [-0.15, -0.1) is 0 Å². The van der Waals surface area contributed by atoms with Crippen LogP contribution >= 0.6 is 0 Å². The molecule has 0 saturated heterocycles. The lowest BCUT2D eigenvalue weighted by molar-refractivity contribution is -0.139. The highest BCUT2D eigenvalue weighted by Gasteiger charge is 2.30. The number of halogens is 1. The molecule has 2 aromatic carbocycles. The molecule has 0 aliphatic carbocycles. The molecule has 0 heterocycles. The van der Waals surface area contributed by atoms with Gasteiger partial charge in [0.15, 0.2) is 11.5 Å². The van der Waals surface area contributed by atoms with E-state index in [0.29, 0.717) is 23.6 Å². The van der Waals surface area contributed by atoms with Crippen molar-refractivity contribution in [3.05, 3.63) is 53.8 Å².